The number of rotatable bonds is 7. The average molecular weight is 250 g/mol. The van der Waals surface area contributed by atoms with E-state index in [0.717, 1.165) is 29.5 Å². The SMILES string of the molecule is CCc1ccc(COCc2ccc(CCO)o2)o1. The van der Waals surface area contributed by atoms with Gasteiger partial charge in [0.15, 0.2) is 0 Å². The van der Waals surface area contributed by atoms with E-state index < -0.39 is 0 Å². The number of furan rings is 2. The highest BCUT2D eigenvalue weighted by Gasteiger charge is 2.04. The summed E-state index contributed by atoms with van der Waals surface area (Å²) in [6, 6.07) is 7.62. The average Bonchev–Trinajstić information content (AvgIpc) is 2.99. The summed E-state index contributed by atoms with van der Waals surface area (Å²) in [5.41, 5.74) is 0. The van der Waals surface area contributed by atoms with Gasteiger partial charge in [-0.3, -0.25) is 0 Å². The van der Waals surface area contributed by atoms with Crippen molar-refractivity contribution in [1.82, 2.24) is 0 Å². The van der Waals surface area contributed by atoms with Crippen LogP contribution in [-0.2, 0) is 30.8 Å². The summed E-state index contributed by atoms with van der Waals surface area (Å²) in [7, 11) is 0. The highest BCUT2D eigenvalue weighted by Crippen LogP contribution is 2.13. The first-order valence-corrected chi connectivity index (χ1v) is 6.15. The molecule has 0 saturated heterocycles. The maximum atomic E-state index is 8.78. The second-order valence-corrected chi connectivity index (χ2v) is 4.06. The summed E-state index contributed by atoms with van der Waals surface area (Å²) in [5, 5.41) is 8.78. The second kappa shape index (κ2) is 6.42. The number of aryl methyl sites for hydroxylation is 1. The van der Waals surface area contributed by atoms with Gasteiger partial charge in [-0.15, -0.1) is 0 Å². The molecular formula is C14H18O4. The fourth-order valence-electron chi connectivity index (χ4n) is 1.69. The van der Waals surface area contributed by atoms with E-state index in [0.29, 0.717) is 19.6 Å². The van der Waals surface area contributed by atoms with Crippen molar-refractivity contribution in [2.45, 2.75) is 33.0 Å². The molecule has 4 heteroatoms. The van der Waals surface area contributed by atoms with Gasteiger partial charge < -0.3 is 18.7 Å². The van der Waals surface area contributed by atoms with Crippen molar-refractivity contribution in [3.63, 3.8) is 0 Å². The monoisotopic (exact) mass is 250 g/mol. The van der Waals surface area contributed by atoms with Crippen LogP contribution in [0, 0.1) is 0 Å². The Kier molecular flexibility index (Phi) is 4.61. The third-order valence-corrected chi connectivity index (χ3v) is 2.63. The summed E-state index contributed by atoms with van der Waals surface area (Å²) in [5.74, 6) is 3.34. The molecule has 0 radical (unpaired) electrons. The van der Waals surface area contributed by atoms with Gasteiger partial charge in [-0.2, -0.15) is 0 Å². The normalized spacial score (nSPS) is 11.0. The molecule has 0 aliphatic heterocycles. The van der Waals surface area contributed by atoms with Gasteiger partial charge in [0.25, 0.3) is 0 Å². The van der Waals surface area contributed by atoms with E-state index in [9.17, 15) is 0 Å². The van der Waals surface area contributed by atoms with Gasteiger partial charge in [0, 0.05) is 12.8 Å². The highest BCUT2D eigenvalue weighted by molar-refractivity contribution is 5.07. The van der Waals surface area contributed by atoms with Crippen LogP contribution < -0.4 is 0 Å². The lowest BCUT2D eigenvalue weighted by Gasteiger charge is -1.99. The lowest BCUT2D eigenvalue weighted by atomic mass is 10.3. The zero-order valence-corrected chi connectivity index (χ0v) is 10.5. The standard InChI is InChI=1S/C14H18O4/c1-2-11-3-5-13(17-11)9-16-10-14-6-4-12(18-14)7-8-15/h3-6,15H,2,7-10H2,1H3. The van der Waals surface area contributed by atoms with E-state index in [1.807, 2.05) is 24.3 Å². The number of hydrogen-bond acceptors (Lipinski definition) is 4. The zero-order valence-electron chi connectivity index (χ0n) is 10.5. The van der Waals surface area contributed by atoms with Gasteiger partial charge >= 0.3 is 0 Å². The van der Waals surface area contributed by atoms with Crippen molar-refractivity contribution in [2.24, 2.45) is 0 Å². The molecule has 0 aromatic carbocycles. The van der Waals surface area contributed by atoms with Gasteiger partial charge in [0.1, 0.15) is 36.3 Å². The smallest absolute Gasteiger partial charge is 0.129 e. The van der Waals surface area contributed by atoms with Gasteiger partial charge in [0.2, 0.25) is 0 Å². The highest BCUT2D eigenvalue weighted by atomic mass is 16.5. The second-order valence-electron chi connectivity index (χ2n) is 4.06. The maximum absolute atomic E-state index is 8.78. The topological polar surface area (TPSA) is 55.7 Å². The lowest BCUT2D eigenvalue weighted by molar-refractivity contribution is 0.0787. The summed E-state index contributed by atoms with van der Waals surface area (Å²) >= 11 is 0. The molecule has 4 nitrogen and oxygen atoms in total. The van der Waals surface area contributed by atoms with Crippen LogP contribution in [-0.4, -0.2) is 11.7 Å². The number of hydrogen-bond donors (Lipinski definition) is 1. The molecule has 0 amide bonds. The molecule has 0 saturated carbocycles. The van der Waals surface area contributed by atoms with Gasteiger partial charge in [-0.05, 0) is 24.3 Å². The van der Waals surface area contributed by atoms with Crippen molar-refractivity contribution < 1.29 is 18.7 Å². The molecular weight excluding hydrogens is 232 g/mol. The number of aliphatic hydroxyl groups is 1. The summed E-state index contributed by atoms with van der Waals surface area (Å²) < 4.78 is 16.5. The van der Waals surface area contributed by atoms with Crippen LogP contribution in [0.25, 0.3) is 0 Å². The molecule has 1 N–H and O–H groups in total. The molecule has 0 unspecified atom stereocenters. The van der Waals surface area contributed by atoms with E-state index in [1.165, 1.54) is 0 Å². The minimum absolute atomic E-state index is 0.0972. The fourth-order valence-corrected chi connectivity index (χ4v) is 1.69. The van der Waals surface area contributed by atoms with Crippen LogP contribution in [0.3, 0.4) is 0 Å². The fraction of sp³-hybridized carbons (Fsp3) is 0.429. The summed E-state index contributed by atoms with van der Waals surface area (Å²) in [6.07, 6.45) is 1.43. The molecule has 0 atom stereocenters. The molecule has 0 fully saturated rings. The Morgan fingerprint density at radius 3 is 2.06 bits per heavy atom. The zero-order chi connectivity index (χ0) is 12.8. The van der Waals surface area contributed by atoms with Crippen molar-refractivity contribution >= 4 is 0 Å². The van der Waals surface area contributed by atoms with Crippen LogP contribution >= 0.6 is 0 Å². The van der Waals surface area contributed by atoms with Crippen molar-refractivity contribution in [2.75, 3.05) is 6.61 Å². The van der Waals surface area contributed by atoms with Crippen LogP contribution in [0.5, 0.6) is 0 Å². The van der Waals surface area contributed by atoms with Crippen LogP contribution in [0.4, 0.5) is 0 Å². The molecule has 2 aromatic rings. The van der Waals surface area contributed by atoms with Crippen molar-refractivity contribution in [1.29, 1.82) is 0 Å². The van der Waals surface area contributed by atoms with E-state index in [1.54, 1.807) is 0 Å². The Balaban J connectivity index is 1.77. The van der Waals surface area contributed by atoms with Gasteiger partial charge in [-0.1, -0.05) is 6.92 Å². The largest absolute Gasteiger partial charge is 0.464 e. The van der Waals surface area contributed by atoms with Gasteiger partial charge in [-0.25, -0.2) is 0 Å². The third-order valence-electron chi connectivity index (χ3n) is 2.63. The van der Waals surface area contributed by atoms with E-state index >= 15 is 0 Å². The Labute approximate surface area is 106 Å². The molecule has 2 rings (SSSR count). The molecule has 0 spiro atoms. The summed E-state index contributed by atoms with van der Waals surface area (Å²) in [6.45, 7) is 3.00. The Morgan fingerprint density at radius 2 is 1.50 bits per heavy atom. The number of aliphatic hydroxyl groups excluding tert-OH is 1. The Morgan fingerprint density at radius 1 is 0.944 bits per heavy atom. The summed E-state index contributed by atoms with van der Waals surface area (Å²) in [4.78, 5) is 0. The maximum Gasteiger partial charge on any atom is 0.129 e. The molecule has 18 heavy (non-hydrogen) atoms. The molecule has 0 aliphatic rings. The van der Waals surface area contributed by atoms with Gasteiger partial charge in [0.05, 0.1) is 6.61 Å². The van der Waals surface area contributed by atoms with Crippen LogP contribution in [0.15, 0.2) is 33.1 Å². The predicted molar refractivity (Wildman–Crippen MR) is 66.1 cm³/mol. The molecule has 98 valence electrons. The lowest BCUT2D eigenvalue weighted by Crippen LogP contribution is -1.92. The van der Waals surface area contributed by atoms with E-state index in [-0.39, 0.29) is 6.61 Å². The Hall–Kier alpha value is -1.52. The molecule has 0 bridgehead atoms. The van der Waals surface area contributed by atoms with Crippen LogP contribution in [0.1, 0.15) is 30.0 Å². The first kappa shape index (κ1) is 12.9. The minimum Gasteiger partial charge on any atom is -0.464 e. The number of ether oxygens (including phenoxy) is 1. The van der Waals surface area contributed by atoms with E-state index in [2.05, 4.69) is 6.92 Å². The first-order chi connectivity index (χ1) is 8.81. The third kappa shape index (κ3) is 3.48. The molecule has 0 aliphatic carbocycles. The Bertz CT molecular complexity index is 470. The van der Waals surface area contributed by atoms with Crippen molar-refractivity contribution in [3.8, 4) is 0 Å². The molecule has 2 aromatic heterocycles. The first-order valence-electron chi connectivity index (χ1n) is 6.15. The molecule has 2 heterocycles. The predicted octanol–water partition coefficient (Wildman–Crippen LogP) is 2.69. The minimum atomic E-state index is 0.0972. The van der Waals surface area contributed by atoms with Crippen LogP contribution in [0.2, 0.25) is 0 Å². The quantitative estimate of drug-likeness (QED) is 0.820. The van der Waals surface area contributed by atoms with Crippen molar-refractivity contribution in [3.05, 3.63) is 47.3 Å². The van der Waals surface area contributed by atoms with E-state index in [4.69, 9.17) is 18.7 Å².